The van der Waals surface area contributed by atoms with Crippen molar-refractivity contribution in [1.29, 1.82) is 0 Å². The predicted octanol–water partition coefficient (Wildman–Crippen LogP) is 6.56. The molecule has 0 saturated carbocycles. The molecule has 0 aliphatic rings. The molecule has 42 heavy (non-hydrogen) atoms. The smallest absolute Gasteiger partial charge is 0.374 e. The van der Waals surface area contributed by atoms with E-state index < -0.39 is 53.1 Å². The monoisotopic (exact) mass is 637 g/mol. The van der Waals surface area contributed by atoms with Crippen LogP contribution < -0.4 is 10.6 Å². The van der Waals surface area contributed by atoms with Gasteiger partial charge >= 0.3 is 12.4 Å². The molecule has 3 N–H and O–H groups in total. The number of rotatable bonds is 8. The van der Waals surface area contributed by atoms with Crippen molar-refractivity contribution in [3.8, 4) is 0 Å². The molecular weight excluding hydrogens is 615 g/mol. The highest BCUT2D eigenvalue weighted by Crippen LogP contribution is 2.33. The summed E-state index contributed by atoms with van der Waals surface area (Å²) in [5.74, 6) is -1.64. The molecule has 2 amide bonds. The number of benzene rings is 2. The Morgan fingerprint density at radius 2 is 1.57 bits per heavy atom. The number of nitrogens with one attached hydrogen (secondary N) is 3. The zero-order valence-electron chi connectivity index (χ0n) is 21.5. The first-order chi connectivity index (χ1) is 18.9. The summed E-state index contributed by atoms with van der Waals surface area (Å²) in [5.41, 5.74) is -3.11. The van der Waals surface area contributed by atoms with Gasteiger partial charge in [-0.25, -0.2) is 4.98 Å². The Balaban J connectivity index is 0.00000308. The predicted molar refractivity (Wildman–Crippen MR) is 146 cm³/mol. The summed E-state index contributed by atoms with van der Waals surface area (Å²) >= 11 is 0. The normalized spacial score (nSPS) is 11.4. The van der Waals surface area contributed by atoms with Crippen molar-refractivity contribution in [2.75, 3.05) is 11.9 Å². The van der Waals surface area contributed by atoms with Crippen LogP contribution in [0.3, 0.4) is 0 Å². The van der Waals surface area contributed by atoms with Crippen molar-refractivity contribution in [1.82, 2.24) is 20.3 Å². The van der Waals surface area contributed by atoms with Gasteiger partial charge in [-0.15, -0.1) is 24.8 Å². The number of anilines is 1. The van der Waals surface area contributed by atoms with Gasteiger partial charge in [-0.1, -0.05) is 12.1 Å². The molecule has 8 nitrogen and oxygen atoms in total. The van der Waals surface area contributed by atoms with Crippen molar-refractivity contribution in [3.05, 3.63) is 88.5 Å². The second kappa shape index (κ2) is 13.9. The van der Waals surface area contributed by atoms with Crippen molar-refractivity contribution < 1.29 is 40.7 Å². The lowest BCUT2D eigenvalue weighted by atomic mass is 10.1. The molecule has 2 heterocycles. The van der Waals surface area contributed by atoms with Gasteiger partial charge < -0.3 is 20.4 Å². The van der Waals surface area contributed by atoms with E-state index in [1.807, 2.05) is 0 Å². The highest BCUT2D eigenvalue weighted by molar-refractivity contribution is 6.10. The second-order valence-electron chi connectivity index (χ2n) is 8.42. The molecule has 4 rings (SSSR count). The largest absolute Gasteiger partial charge is 0.418 e. The van der Waals surface area contributed by atoms with Crippen LogP contribution in [0.5, 0.6) is 0 Å². The maximum atomic E-state index is 13.4. The zero-order chi connectivity index (χ0) is 29.1. The van der Waals surface area contributed by atoms with E-state index in [1.165, 1.54) is 18.2 Å². The lowest BCUT2D eigenvalue weighted by molar-refractivity contribution is -0.139. The number of fused-ring (bicyclic) bond motifs is 1. The van der Waals surface area contributed by atoms with Gasteiger partial charge in [0.15, 0.2) is 0 Å². The molecule has 0 saturated heterocycles. The molecule has 2 aromatic heterocycles. The zero-order valence-corrected chi connectivity index (χ0v) is 23.2. The number of aromatic amines is 1. The molecular formula is C26H23Cl2F6N5O3. The van der Waals surface area contributed by atoms with Gasteiger partial charge in [0.05, 0.1) is 40.0 Å². The maximum Gasteiger partial charge on any atom is 0.418 e. The average molecular weight is 638 g/mol. The van der Waals surface area contributed by atoms with E-state index in [0.29, 0.717) is 12.4 Å². The lowest BCUT2D eigenvalue weighted by Crippen LogP contribution is -2.26. The fourth-order valence-electron chi connectivity index (χ4n) is 3.90. The minimum atomic E-state index is -4.79. The molecule has 0 fully saturated rings. The number of amides is 2. The first-order valence-electron chi connectivity index (χ1n) is 11.8. The molecule has 0 aliphatic carbocycles. The van der Waals surface area contributed by atoms with Crippen LogP contribution in [-0.2, 0) is 30.2 Å². The first kappa shape index (κ1) is 34.3. The number of carbonyl (C=O) groups excluding carboxylic acids is 2. The summed E-state index contributed by atoms with van der Waals surface area (Å²) in [5, 5.41) is 4.72. The van der Waals surface area contributed by atoms with Crippen molar-refractivity contribution in [2.24, 2.45) is 0 Å². The molecule has 0 bridgehead atoms. The standard InChI is InChI=1S/C26H21F6N5O3.2ClH/c1-2-40-13-21-36-19-11-14(35-24(39)15-6-3-4-7-17(15)25(27,28)29)10-16(22(19)37-21)23(38)34-12-20-18(26(30,31)32)8-5-9-33-20;;/h3-11H,2,12-13H2,1H3,(H,34,38)(H,35,39)(H,36,37);2*1H. The Bertz CT molecular complexity index is 1560. The number of halogens is 8. The van der Waals surface area contributed by atoms with Crippen LogP contribution in [0.15, 0.2) is 54.7 Å². The third-order valence-electron chi connectivity index (χ3n) is 5.67. The number of H-pyrrole nitrogens is 1. The lowest BCUT2D eigenvalue weighted by Gasteiger charge is -2.14. The molecule has 4 aromatic rings. The number of alkyl halides is 6. The molecule has 2 aromatic carbocycles. The van der Waals surface area contributed by atoms with Crippen molar-refractivity contribution in [3.63, 3.8) is 0 Å². The fraction of sp³-hybridized carbons (Fsp3) is 0.231. The number of ether oxygens (including phenoxy) is 1. The van der Waals surface area contributed by atoms with Crippen LogP contribution in [0.2, 0.25) is 0 Å². The van der Waals surface area contributed by atoms with E-state index >= 15 is 0 Å². The van der Waals surface area contributed by atoms with Crippen LogP contribution in [-0.4, -0.2) is 33.4 Å². The number of pyridine rings is 1. The maximum absolute atomic E-state index is 13.4. The highest BCUT2D eigenvalue weighted by atomic mass is 35.5. The Kier molecular flexibility index (Phi) is 11.3. The van der Waals surface area contributed by atoms with E-state index in [0.717, 1.165) is 36.5 Å². The number of carbonyl (C=O) groups is 2. The Labute approximate surface area is 247 Å². The van der Waals surface area contributed by atoms with E-state index in [2.05, 4.69) is 25.6 Å². The van der Waals surface area contributed by atoms with Crippen LogP contribution in [0, 0.1) is 0 Å². The molecule has 0 radical (unpaired) electrons. The molecule has 16 heteroatoms. The van der Waals surface area contributed by atoms with Gasteiger partial charge in [0, 0.05) is 18.5 Å². The second-order valence-corrected chi connectivity index (χ2v) is 8.42. The van der Waals surface area contributed by atoms with Gasteiger partial charge in [0.25, 0.3) is 11.8 Å². The van der Waals surface area contributed by atoms with Crippen LogP contribution >= 0.6 is 24.8 Å². The summed E-state index contributed by atoms with van der Waals surface area (Å²) in [6, 6.07) is 8.66. The molecule has 0 aliphatic heterocycles. The van der Waals surface area contributed by atoms with Crippen molar-refractivity contribution in [2.45, 2.75) is 32.4 Å². The number of imidazole rings is 1. The SMILES string of the molecule is CCOCc1nc2c(C(=O)NCc3ncccc3C(F)(F)F)cc(NC(=O)c3ccccc3C(F)(F)F)cc2[nH]1.Cl.Cl. The topological polar surface area (TPSA) is 109 Å². The molecule has 226 valence electrons. The van der Waals surface area contributed by atoms with E-state index in [9.17, 15) is 35.9 Å². The highest BCUT2D eigenvalue weighted by Gasteiger charge is 2.35. The summed E-state index contributed by atoms with van der Waals surface area (Å²) in [6.07, 6.45) is -8.34. The van der Waals surface area contributed by atoms with Crippen molar-refractivity contribution >= 4 is 53.3 Å². The van der Waals surface area contributed by atoms with Crippen LogP contribution in [0.25, 0.3) is 11.0 Å². The minimum absolute atomic E-state index is 0. The van der Waals surface area contributed by atoms with Crippen LogP contribution in [0.1, 0.15) is 50.3 Å². The fourth-order valence-corrected chi connectivity index (χ4v) is 3.90. The Morgan fingerprint density at radius 3 is 2.24 bits per heavy atom. The minimum Gasteiger partial charge on any atom is -0.374 e. The molecule has 0 spiro atoms. The summed E-state index contributed by atoms with van der Waals surface area (Å²) in [7, 11) is 0. The number of nitrogens with zero attached hydrogens (tertiary/aromatic N) is 2. The third-order valence-corrected chi connectivity index (χ3v) is 5.67. The summed E-state index contributed by atoms with van der Waals surface area (Å²) in [4.78, 5) is 36.9. The van der Waals surface area contributed by atoms with Crippen LogP contribution in [0.4, 0.5) is 32.0 Å². The van der Waals surface area contributed by atoms with Gasteiger partial charge in [-0.3, -0.25) is 14.6 Å². The molecule has 0 unspecified atom stereocenters. The molecule has 0 atom stereocenters. The quantitative estimate of drug-likeness (QED) is 0.190. The number of hydrogen-bond donors (Lipinski definition) is 3. The Morgan fingerprint density at radius 1 is 0.905 bits per heavy atom. The number of aromatic nitrogens is 3. The summed E-state index contributed by atoms with van der Waals surface area (Å²) in [6.45, 7) is 1.56. The first-order valence-corrected chi connectivity index (χ1v) is 11.8. The summed E-state index contributed by atoms with van der Waals surface area (Å²) < 4.78 is 85.6. The third kappa shape index (κ3) is 7.89. The van der Waals surface area contributed by atoms with Gasteiger partial charge in [0.2, 0.25) is 0 Å². The van der Waals surface area contributed by atoms with E-state index in [1.54, 1.807) is 6.92 Å². The van der Waals surface area contributed by atoms with Gasteiger partial charge in [-0.2, -0.15) is 26.3 Å². The number of hydrogen-bond acceptors (Lipinski definition) is 5. The van der Waals surface area contributed by atoms with Gasteiger partial charge in [-0.05, 0) is 43.3 Å². The van der Waals surface area contributed by atoms with E-state index in [-0.39, 0.29) is 53.7 Å². The van der Waals surface area contributed by atoms with E-state index in [4.69, 9.17) is 4.74 Å². The average Bonchev–Trinajstić information content (AvgIpc) is 3.32. The van der Waals surface area contributed by atoms with Gasteiger partial charge in [0.1, 0.15) is 17.9 Å². The Hall–Kier alpha value is -3.88.